The van der Waals surface area contributed by atoms with E-state index in [2.05, 4.69) is 10.6 Å². The SMILES string of the molecule is COc1ccc(C2Nc3ccccc3NC3=C2C(=O)CC(c2ccc(F)cc2)C3)cc1OC. The standard InChI is InChI=1S/C27H25FN2O3/c1-32-24-12-9-17(15-25(24)33-2)27-26-22(29-20-5-3-4-6-21(20)30-27)13-18(14-23(26)31)16-7-10-19(28)11-8-16/h3-12,15,18,27,29-30H,13-14H2,1-2H3. The Morgan fingerprint density at radius 1 is 0.848 bits per heavy atom. The summed E-state index contributed by atoms with van der Waals surface area (Å²) in [6, 6.07) is 19.7. The molecule has 0 spiro atoms. The summed E-state index contributed by atoms with van der Waals surface area (Å²) in [5, 5.41) is 7.09. The molecule has 2 atom stereocenters. The Morgan fingerprint density at radius 2 is 1.55 bits per heavy atom. The third-order valence-electron chi connectivity index (χ3n) is 6.39. The van der Waals surface area contributed by atoms with Gasteiger partial charge in [-0.1, -0.05) is 30.3 Å². The Hall–Kier alpha value is -3.80. The number of hydrogen-bond acceptors (Lipinski definition) is 5. The number of benzene rings is 3. The lowest BCUT2D eigenvalue weighted by Gasteiger charge is -2.30. The highest BCUT2D eigenvalue weighted by Gasteiger charge is 2.36. The number of ether oxygens (including phenoxy) is 2. The van der Waals surface area contributed by atoms with Crippen LogP contribution in [0.25, 0.3) is 0 Å². The van der Waals surface area contributed by atoms with Gasteiger partial charge in [0.15, 0.2) is 17.3 Å². The Kier molecular flexibility index (Phi) is 5.50. The molecule has 3 aromatic rings. The second-order valence-corrected chi connectivity index (χ2v) is 8.33. The predicted molar refractivity (Wildman–Crippen MR) is 126 cm³/mol. The number of para-hydroxylation sites is 2. The molecule has 0 radical (unpaired) electrons. The highest BCUT2D eigenvalue weighted by Crippen LogP contribution is 2.45. The minimum Gasteiger partial charge on any atom is -0.493 e. The fourth-order valence-electron chi connectivity index (χ4n) is 4.75. The van der Waals surface area contributed by atoms with Crippen molar-refractivity contribution in [3.63, 3.8) is 0 Å². The number of fused-ring (bicyclic) bond motifs is 1. The number of allylic oxidation sites excluding steroid dienone is 1. The van der Waals surface area contributed by atoms with Crippen molar-refractivity contribution < 1.29 is 18.7 Å². The van der Waals surface area contributed by atoms with E-state index in [-0.39, 0.29) is 23.6 Å². The minimum atomic E-state index is -0.349. The molecule has 168 valence electrons. The Morgan fingerprint density at radius 3 is 2.27 bits per heavy atom. The molecule has 5 rings (SSSR count). The maximum atomic E-state index is 13.6. The molecule has 5 nitrogen and oxygen atoms in total. The van der Waals surface area contributed by atoms with E-state index in [1.807, 2.05) is 42.5 Å². The zero-order chi connectivity index (χ0) is 22.9. The number of halogens is 1. The quantitative estimate of drug-likeness (QED) is 0.531. The maximum absolute atomic E-state index is 13.6. The molecule has 0 amide bonds. The van der Waals surface area contributed by atoms with Gasteiger partial charge in [0.05, 0.1) is 31.6 Å². The summed E-state index contributed by atoms with van der Waals surface area (Å²) in [7, 11) is 3.20. The van der Waals surface area contributed by atoms with Crippen molar-refractivity contribution in [2.75, 3.05) is 24.9 Å². The number of Topliss-reactive ketones (excluding diaryl/α,β-unsaturated/α-hetero) is 1. The normalized spacial score (nSPS) is 19.5. The van der Waals surface area contributed by atoms with E-state index < -0.39 is 0 Å². The highest BCUT2D eigenvalue weighted by molar-refractivity contribution is 6.01. The molecule has 2 aliphatic rings. The van der Waals surface area contributed by atoms with E-state index in [1.165, 1.54) is 12.1 Å². The number of methoxy groups -OCH3 is 2. The number of carbonyl (C=O) groups is 1. The van der Waals surface area contributed by atoms with Crippen LogP contribution in [0.15, 0.2) is 78.0 Å². The van der Waals surface area contributed by atoms with Gasteiger partial charge in [-0.15, -0.1) is 0 Å². The van der Waals surface area contributed by atoms with Gasteiger partial charge >= 0.3 is 0 Å². The van der Waals surface area contributed by atoms with Crippen molar-refractivity contribution in [2.45, 2.75) is 24.8 Å². The van der Waals surface area contributed by atoms with Crippen LogP contribution in [0, 0.1) is 5.82 Å². The molecule has 2 unspecified atom stereocenters. The van der Waals surface area contributed by atoms with Gasteiger partial charge in [-0.05, 0) is 59.9 Å². The Bertz CT molecular complexity index is 1240. The topological polar surface area (TPSA) is 59.6 Å². The number of carbonyl (C=O) groups excluding carboxylic acids is 1. The lowest BCUT2D eigenvalue weighted by molar-refractivity contribution is -0.116. The monoisotopic (exact) mass is 444 g/mol. The van der Waals surface area contributed by atoms with Crippen molar-refractivity contribution in [2.24, 2.45) is 0 Å². The van der Waals surface area contributed by atoms with Crippen molar-refractivity contribution >= 4 is 17.2 Å². The van der Waals surface area contributed by atoms with Crippen LogP contribution in [-0.2, 0) is 4.79 Å². The summed E-state index contributed by atoms with van der Waals surface area (Å²) >= 11 is 0. The van der Waals surface area contributed by atoms with Gasteiger partial charge in [0.2, 0.25) is 0 Å². The van der Waals surface area contributed by atoms with E-state index >= 15 is 0 Å². The molecule has 0 aromatic heterocycles. The average molecular weight is 445 g/mol. The molecule has 33 heavy (non-hydrogen) atoms. The van der Waals surface area contributed by atoms with E-state index in [1.54, 1.807) is 26.4 Å². The van der Waals surface area contributed by atoms with Crippen LogP contribution in [0.2, 0.25) is 0 Å². The number of nitrogens with one attached hydrogen (secondary N) is 2. The van der Waals surface area contributed by atoms with Crippen LogP contribution in [0.5, 0.6) is 11.5 Å². The van der Waals surface area contributed by atoms with Gasteiger partial charge in [-0.2, -0.15) is 0 Å². The summed E-state index contributed by atoms with van der Waals surface area (Å²) in [6.45, 7) is 0. The van der Waals surface area contributed by atoms with Gasteiger partial charge < -0.3 is 20.1 Å². The summed E-state index contributed by atoms with van der Waals surface area (Å²) in [4.78, 5) is 13.6. The summed E-state index contributed by atoms with van der Waals surface area (Å²) < 4.78 is 24.4. The zero-order valence-corrected chi connectivity index (χ0v) is 18.5. The molecule has 1 aliphatic heterocycles. The molecular formula is C27H25FN2O3. The Balaban J connectivity index is 1.61. The van der Waals surface area contributed by atoms with Crippen molar-refractivity contribution in [1.82, 2.24) is 0 Å². The van der Waals surface area contributed by atoms with Crippen LogP contribution < -0.4 is 20.1 Å². The molecule has 2 N–H and O–H groups in total. The molecule has 0 saturated heterocycles. The van der Waals surface area contributed by atoms with Gasteiger partial charge in [0.25, 0.3) is 0 Å². The smallest absolute Gasteiger partial charge is 0.163 e. The Labute approximate surface area is 192 Å². The van der Waals surface area contributed by atoms with Crippen molar-refractivity contribution in [3.8, 4) is 11.5 Å². The highest BCUT2D eigenvalue weighted by atomic mass is 19.1. The number of anilines is 2. The molecule has 3 aromatic carbocycles. The van der Waals surface area contributed by atoms with E-state index in [0.717, 1.165) is 33.8 Å². The van der Waals surface area contributed by atoms with Gasteiger partial charge in [-0.3, -0.25) is 4.79 Å². The zero-order valence-electron chi connectivity index (χ0n) is 18.5. The van der Waals surface area contributed by atoms with Crippen molar-refractivity contribution in [1.29, 1.82) is 0 Å². The molecule has 1 heterocycles. The molecule has 0 saturated carbocycles. The third kappa shape index (κ3) is 3.93. The fourth-order valence-corrected chi connectivity index (χ4v) is 4.75. The van der Waals surface area contributed by atoms with E-state index in [9.17, 15) is 9.18 Å². The second kappa shape index (κ2) is 8.62. The first kappa shape index (κ1) is 21.1. The molecular weight excluding hydrogens is 419 g/mol. The minimum absolute atomic E-state index is 0.0133. The fraction of sp³-hybridized carbons (Fsp3) is 0.222. The number of ketones is 1. The first-order chi connectivity index (χ1) is 16.1. The van der Waals surface area contributed by atoms with E-state index in [4.69, 9.17) is 9.47 Å². The molecule has 6 heteroatoms. The summed E-state index contributed by atoms with van der Waals surface area (Å²) in [5.41, 5.74) is 5.31. The van der Waals surface area contributed by atoms with Gasteiger partial charge in [-0.25, -0.2) is 4.39 Å². The largest absolute Gasteiger partial charge is 0.493 e. The van der Waals surface area contributed by atoms with Crippen LogP contribution in [0.3, 0.4) is 0 Å². The second-order valence-electron chi connectivity index (χ2n) is 8.33. The third-order valence-corrected chi connectivity index (χ3v) is 6.39. The lowest BCUT2D eigenvalue weighted by Crippen LogP contribution is -2.26. The van der Waals surface area contributed by atoms with E-state index in [0.29, 0.717) is 24.3 Å². The first-order valence-electron chi connectivity index (χ1n) is 10.9. The molecule has 1 aliphatic carbocycles. The predicted octanol–water partition coefficient (Wildman–Crippen LogP) is 5.82. The summed E-state index contributed by atoms with van der Waals surface area (Å²) in [5.74, 6) is 1.02. The van der Waals surface area contributed by atoms with Gasteiger partial charge in [0.1, 0.15) is 5.82 Å². The average Bonchev–Trinajstić information content (AvgIpc) is 3.01. The van der Waals surface area contributed by atoms with Crippen LogP contribution in [0.4, 0.5) is 15.8 Å². The lowest BCUT2D eigenvalue weighted by atomic mass is 9.78. The van der Waals surface area contributed by atoms with Crippen LogP contribution in [0.1, 0.15) is 35.9 Å². The molecule has 0 bridgehead atoms. The van der Waals surface area contributed by atoms with Gasteiger partial charge in [0, 0.05) is 17.7 Å². The number of rotatable bonds is 4. The molecule has 0 fully saturated rings. The first-order valence-corrected chi connectivity index (χ1v) is 10.9. The van der Waals surface area contributed by atoms with Crippen LogP contribution >= 0.6 is 0 Å². The number of hydrogen-bond donors (Lipinski definition) is 2. The van der Waals surface area contributed by atoms with Crippen molar-refractivity contribution in [3.05, 3.63) is 94.9 Å². The summed E-state index contributed by atoms with van der Waals surface area (Å²) in [6.07, 6.45) is 1.03. The van der Waals surface area contributed by atoms with Crippen LogP contribution in [-0.4, -0.2) is 20.0 Å². The maximum Gasteiger partial charge on any atom is 0.163 e.